The van der Waals surface area contributed by atoms with Crippen LogP contribution in [0.25, 0.3) is 0 Å². The predicted molar refractivity (Wildman–Crippen MR) is 73.5 cm³/mol. The van der Waals surface area contributed by atoms with Crippen LogP contribution in [0.2, 0.25) is 0 Å². The number of benzene rings is 1. The van der Waals surface area contributed by atoms with E-state index >= 15 is 0 Å². The van der Waals surface area contributed by atoms with Crippen LogP contribution in [0.15, 0.2) is 18.2 Å². The topological polar surface area (TPSA) is 46.3 Å². The number of hydrogen-bond donors (Lipinski definition) is 1. The first-order chi connectivity index (χ1) is 9.00. The van der Waals surface area contributed by atoms with Gasteiger partial charge < -0.3 is 10.6 Å². The molecule has 2 N–H and O–H groups in total. The van der Waals surface area contributed by atoms with Gasteiger partial charge in [-0.05, 0) is 31.9 Å². The van der Waals surface area contributed by atoms with E-state index in [1.165, 1.54) is 6.07 Å². The van der Waals surface area contributed by atoms with E-state index in [2.05, 4.69) is 0 Å². The summed E-state index contributed by atoms with van der Waals surface area (Å²) in [5, 5.41) is 0. The van der Waals surface area contributed by atoms with E-state index in [9.17, 15) is 9.18 Å². The Labute approximate surface area is 113 Å². The first-order valence-electron chi connectivity index (χ1n) is 6.79. The van der Waals surface area contributed by atoms with Crippen LogP contribution in [-0.4, -0.2) is 29.9 Å². The Bertz CT molecular complexity index is 475. The van der Waals surface area contributed by atoms with Crippen molar-refractivity contribution in [3.8, 4) is 0 Å². The minimum absolute atomic E-state index is 0.00410. The van der Waals surface area contributed by atoms with Crippen molar-refractivity contribution >= 4 is 5.91 Å². The van der Waals surface area contributed by atoms with Crippen LogP contribution in [0.4, 0.5) is 4.39 Å². The summed E-state index contributed by atoms with van der Waals surface area (Å²) in [6.45, 7) is 1.85. The zero-order valence-corrected chi connectivity index (χ0v) is 11.5. The lowest BCUT2D eigenvalue weighted by Gasteiger charge is -2.36. The smallest absolute Gasteiger partial charge is 0.256 e. The number of amides is 1. The van der Waals surface area contributed by atoms with E-state index in [1.54, 1.807) is 24.1 Å². The molecule has 2 unspecified atom stereocenters. The third kappa shape index (κ3) is 2.95. The molecular formula is C15H21FN2O. The van der Waals surface area contributed by atoms with Crippen LogP contribution >= 0.6 is 0 Å². The van der Waals surface area contributed by atoms with E-state index in [0.717, 1.165) is 31.2 Å². The van der Waals surface area contributed by atoms with Crippen molar-refractivity contribution < 1.29 is 9.18 Å². The van der Waals surface area contributed by atoms with Crippen LogP contribution in [0.5, 0.6) is 0 Å². The summed E-state index contributed by atoms with van der Waals surface area (Å²) in [4.78, 5) is 14.0. The molecule has 0 aromatic heterocycles. The first-order valence-corrected chi connectivity index (χ1v) is 6.79. The maximum Gasteiger partial charge on any atom is 0.256 e. The number of rotatable bonds is 2. The summed E-state index contributed by atoms with van der Waals surface area (Å²) in [7, 11) is 1.72. The highest BCUT2D eigenvalue weighted by Crippen LogP contribution is 2.23. The number of nitrogens with two attached hydrogens (primary N) is 1. The predicted octanol–water partition coefficient (Wildman–Crippen LogP) is 2.48. The largest absolute Gasteiger partial charge is 0.337 e. The first kappa shape index (κ1) is 14.0. The molecule has 1 saturated carbocycles. The van der Waals surface area contributed by atoms with E-state index in [0.29, 0.717) is 0 Å². The maximum absolute atomic E-state index is 13.8. The molecule has 1 aromatic rings. The van der Waals surface area contributed by atoms with E-state index < -0.39 is 5.82 Å². The highest BCUT2D eigenvalue weighted by atomic mass is 19.1. The fraction of sp³-hybridized carbons (Fsp3) is 0.533. The number of hydrogen-bond acceptors (Lipinski definition) is 2. The summed E-state index contributed by atoms with van der Waals surface area (Å²) in [5.41, 5.74) is 7.10. The third-order valence-electron chi connectivity index (χ3n) is 3.95. The minimum Gasteiger partial charge on any atom is -0.337 e. The third-order valence-corrected chi connectivity index (χ3v) is 3.95. The molecule has 2 rings (SSSR count). The van der Waals surface area contributed by atoms with Crippen LogP contribution in [-0.2, 0) is 0 Å². The van der Waals surface area contributed by atoms with Crippen molar-refractivity contribution in [1.29, 1.82) is 0 Å². The molecule has 1 aliphatic rings. The summed E-state index contributed by atoms with van der Waals surface area (Å²) < 4.78 is 13.8. The van der Waals surface area contributed by atoms with Crippen molar-refractivity contribution in [1.82, 2.24) is 4.90 Å². The molecule has 0 bridgehead atoms. The number of nitrogens with zero attached hydrogens (tertiary/aromatic N) is 1. The molecule has 19 heavy (non-hydrogen) atoms. The zero-order chi connectivity index (χ0) is 14.0. The standard InChI is InChI=1S/C15H21FN2O/c1-10-7-8-12(16)11(9-10)15(19)18(2)14-6-4-3-5-13(14)17/h7-9,13-14H,3-6,17H2,1-2H3. The lowest BCUT2D eigenvalue weighted by atomic mass is 9.89. The fourth-order valence-corrected chi connectivity index (χ4v) is 2.76. The number of carbonyl (C=O) groups is 1. The summed E-state index contributed by atoms with van der Waals surface area (Å²) in [6.07, 6.45) is 4.01. The van der Waals surface area contributed by atoms with Crippen molar-refractivity contribution in [2.75, 3.05) is 7.05 Å². The Balaban J connectivity index is 2.20. The van der Waals surface area contributed by atoms with E-state index in [-0.39, 0.29) is 23.6 Å². The Morgan fingerprint density at radius 2 is 2.05 bits per heavy atom. The number of carbonyl (C=O) groups excluding carboxylic acids is 1. The normalized spacial score (nSPS) is 23.2. The molecule has 3 nitrogen and oxygen atoms in total. The molecule has 104 valence electrons. The molecule has 0 radical (unpaired) electrons. The second-order valence-corrected chi connectivity index (χ2v) is 5.42. The lowest BCUT2D eigenvalue weighted by molar-refractivity contribution is 0.0667. The molecule has 1 aliphatic carbocycles. The summed E-state index contributed by atoms with van der Waals surface area (Å²) in [5.74, 6) is -0.740. The van der Waals surface area contributed by atoms with Gasteiger partial charge in [0.1, 0.15) is 5.82 Å². The maximum atomic E-state index is 13.8. The molecule has 2 atom stereocenters. The Morgan fingerprint density at radius 1 is 1.37 bits per heavy atom. The van der Waals surface area contributed by atoms with Gasteiger partial charge in [-0.2, -0.15) is 0 Å². The Morgan fingerprint density at radius 3 is 2.74 bits per heavy atom. The van der Waals surface area contributed by atoms with Gasteiger partial charge >= 0.3 is 0 Å². The molecule has 1 aromatic carbocycles. The molecule has 0 saturated heterocycles. The van der Waals surface area contributed by atoms with Crippen molar-refractivity contribution in [2.45, 2.75) is 44.7 Å². The SMILES string of the molecule is Cc1ccc(F)c(C(=O)N(C)C2CCCCC2N)c1. The van der Waals surface area contributed by atoms with E-state index in [1.807, 2.05) is 6.92 Å². The van der Waals surface area contributed by atoms with Gasteiger partial charge in [0.05, 0.1) is 5.56 Å². The van der Waals surface area contributed by atoms with Gasteiger partial charge in [-0.1, -0.05) is 24.5 Å². The van der Waals surface area contributed by atoms with Gasteiger partial charge in [0.2, 0.25) is 0 Å². The average molecular weight is 264 g/mol. The van der Waals surface area contributed by atoms with Crippen LogP contribution < -0.4 is 5.73 Å². The monoisotopic (exact) mass is 264 g/mol. The summed E-state index contributed by atoms with van der Waals surface area (Å²) >= 11 is 0. The van der Waals surface area contributed by atoms with Gasteiger partial charge in [-0.25, -0.2) is 4.39 Å². The highest BCUT2D eigenvalue weighted by Gasteiger charge is 2.29. The molecule has 0 heterocycles. The Kier molecular flexibility index (Phi) is 4.20. The molecule has 1 fully saturated rings. The molecule has 0 aliphatic heterocycles. The minimum atomic E-state index is -0.466. The van der Waals surface area contributed by atoms with Crippen LogP contribution in [0.1, 0.15) is 41.6 Å². The number of halogens is 1. The fourth-order valence-electron chi connectivity index (χ4n) is 2.76. The van der Waals surface area contributed by atoms with Gasteiger partial charge in [-0.3, -0.25) is 4.79 Å². The van der Waals surface area contributed by atoms with Gasteiger partial charge in [0, 0.05) is 19.1 Å². The molecule has 0 spiro atoms. The number of likely N-dealkylation sites (N-methyl/N-ethyl adjacent to an activating group) is 1. The van der Waals surface area contributed by atoms with Gasteiger partial charge in [0.25, 0.3) is 5.91 Å². The summed E-state index contributed by atoms with van der Waals surface area (Å²) in [6, 6.07) is 4.62. The second kappa shape index (κ2) is 5.70. The second-order valence-electron chi connectivity index (χ2n) is 5.42. The van der Waals surface area contributed by atoms with Crippen molar-refractivity contribution in [2.24, 2.45) is 5.73 Å². The van der Waals surface area contributed by atoms with Crippen LogP contribution in [0.3, 0.4) is 0 Å². The molecule has 4 heteroatoms. The lowest BCUT2D eigenvalue weighted by Crippen LogP contribution is -2.50. The molecule has 1 amide bonds. The van der Waals surface area contributed by atoms with Crippen LogP contribution in [0, 0.1) is 12.7 Å². The highest BCUT2D eigenvalue weighted by molar-refractivity contribution is 5.94. The van der Waals surface area contributed by atoms with Crippen molar-refractivity contribution in [3.63, 3.8) is 0 Å². The average Bonchev–Trinajstić information content (AvgIpc) is 2.40. The Hall–Kier alpha value is -1.42. The van der Waals surface area contributed by atoms with Gasteiger partial charge in [0.15, 0.2) is 0 Å². The van der Waals surface area contributed by atoms with Crippen molar-refractivity contribution in [3.05, 3.63) is 35.1 Å². The van der Waals surface area contributed by atoms with E-state index in [4.69, 9.17) is 5.73 Å². The quantitative estimate of drug-likeness (QED) is 0.892. The van der Waals surface area contributed by atoms with Gasteiger partial charge in [-0.15, -0.1) is 0 Å². The molecular weight excluding hydrogens is 243 g/mol. The zero-order valence-electron chi connectivity index (χ0n) is 11.5. The number of aryl methyl sites for hydroxylation is 1.